The van der Waals surface area contributed by atoms with Crippen LogP contribution in [0.4, 0.5) is 0 Å². The molecule has 2 saturated carbocycles. The summed E-state index contributed by atoms with van der Waals surface area (Å²) in [7, 11) is 3.06. The quantitative estimate of drug-likeness (QED) is 0.0308. The molecule has 29 nitrogen and oxygen atoms in total. The second kappa shape index (κ2) is 49.0. The molecule has 15 N–H and O–H groups in total. The molecule has 1 heterocycles. The molecule has 0 aromatic heterocycles. The Hall–Kier alpha value is -6.11. The predicted molar refractivity (Wildman–Crippen MR) is 395 cm³/mol. The third-order valence-corrected chi connectivity index (χ3v) is 20.6. The van der Waals surface area contributed by atoms with Crippen LogP contribution in [0.3, 0.4) is 0 Å². The summed E-state index contributed by atoms with van der Waals surface area (Å²) in [6.45, 7) is 18.3. The fourth-order valence-electron chi connectivity index (χ4n) is 13.9. The summed E-state index contributed by atoms with van der Waals surface area (Å²) in [4.78, 5) is 157. The number of hydrogen-bond donors (Lipinski definition) is 12. The van der Waals surface area contributed by atoms with Gasteiger partial charge in [-0.1, -0.05) is 152 Å². The number of hydrogen-bond acceptors (Lipinski definition) is 19. The maximum atomic E-state index is 15.0. The molecular weight excluding hydrogens is 1340 g/mol. The summed E-state index contributed by atoms with van der Waals surface area (Å²) in [6.07, 6.45) is 12.9. The van der Waals surface area contributed by atoms with Crippen LogP contribution in [-0.2, 0) is 71.7 Å². The van der Waals surface area contributed by atoms with E-state index in [1.807, 2.05) is 13.8 Å². The zero-order valence-electron chi connectivity index (χ0n) is 65.1. The van der Waals surface area contributed by atoms with E-state index in [0.717, 1.165) is 89.9 Å². The lowest BCUT2D eigenvalue weighted by Gasteiger charge is -2.36. The van der Waals surface area contributed by atoms with Gasteiger partial charge in [0.1, 0.15) is 61.0 Å². The van der Waals surface area contributed by atoms with Crippen LogP contribution < -0.4 is 54.4 Å². The van der Waals surface area contributed by atoms with E-state index in [1.165, 1.54) is 23.8 Å². The monoisotopic (exact) mass is 1480 g/mol. The highest BCUT2D eigenvalue weighted by Gasteiger charge is 2.42. The van der Waals surface area contributed by atoms with Crippen molar-refractivity contribution < 1.29 is 81.9 Å². The van der Waals surface area contributed by atoms with Gasteiger partial charge in [0.25, 0.3) is 0 Å². The van der Waals surface area contributed by atoms with Gasteiger partial charge in [-0.05, 0) is 101 Å². The first-order valence-corrected chi connectivity index (χ1v) is 38.9. The van der Waals surface area contributed by atoms with Gasteiger partial charge in [-0.2, -0.15) is 0 Å². The number of nitrogens with zero attached hydrogens (tertiary/aromatic N) is 2. The van der Waals surface area contributed by atoms with Gasteiger partial charge in [-0.15, -0.1) is 0 Å². The Morgan fingerprint density at radius 3 is 1.93 bits per heavy atom. The van der Waals surface area contributed by atoms with Crippen LogP contribution in [-0.4, -0.2) is 225 Å². The number of cyclic esters (lactones) is 1. The maximum absolute atomic E-state index is 15.0. The summed E-state index contributed by atoms with van der Waals surface area (Å²) in [5.41, 5.74) is 17.3. The normalized spacial score (nSPS) is 23.4. The number of nitrogens with one attached hydrogen (secondary N) is 7. The Kier molecular flexibility index (Phi) is 43.4. The van der Waals surface area contributed by atoms with Crippen LogP contribution in [0.5, 0.6) is 0 Å². The summed E-state index contributed by atoms with van der Waals surface area (Å²) in [6, 6.07) is -8.96. The van der Waals surface area contributed by atoms with Crippen LogP contribution in [0.1, 0.15) is 224 Å². The number of primary amides is 1. The number of ether oxygens (including phenoxy) is 4. The second-order valence-corrected chi connectivity index (χ2v) is 30.8. The first kappa shape index (κ1) is 92.1. The number of carbonyl (C=O) groups excluding carboxylic acids is 11. The lowest BCUT2D eigenvalue weighted by molar-refractivity contribution is -0.158. The SMILES string of the molecule is CCCCCC[C@@H](OC[C@@H](C)NC(=O)[C@@H](C)COC[C@H](CO)OCC(C)C[C@H]1C(=O)N[C@@H](C2CCCCC2)C(=O)N[C@@H](CN)C(=O)N[C@@H]([C@H](C)O)C(=O)NCC(=O)O[C@H](CCCCCCC(C)C)[C@@H](C)C(=O)N1C)[C@@H](C)C(=O)N(C)[C@@H](CC(C)C)C(=O)N[C@H](C(=O)N[C@@H](CN)C(N)=O)C1CCCCC1. The van der Waals surface area contributed by atoms with Gasteiger partial charge in [0, 0.05) is 39.8 Å². The number of amides is 10. The summed E-state index contributed by atoms with van der Waals surface area (Å²) in [5, 5.41) is 40.3. The standard InChI is InChI=1S/C75H136N12O17/c1-14-15-16-26-33-60(50(9)74(99)86(12)58(35-46(4)5)69(94)84-64(53-29-22-19-23-30-53)72(97)81-56(37-76)66(78)91)103-43-49(8)80-67(92)48(7)42-101-44-55(40-88)102-41-47(6)36-59-70(95)85-65(54-31-24-20-25-32-54)73(98)82-57(38-77)68(93)83-63(52(11)89)71(96)79-39-62(90)104-61(51(10)75(100)87(59)13)34-27-18-17-21-28-45(2)3/h45-61,63-65,88-89H,14-44,76-77H2,1-13H3,(H2,78,91)(H,79,96)(H,80,92)(H,81,97)(H,82,98)(H,83,93)(H,84,94)(H,85,95)/t47?,48-,49+,50+,51+,52-,55-,56-,57-,58-,59-,60+,61+,63-,64-,65-/m0/s1. The maximum Gasteiger partial charge on any atom is 0.325 e. The van der Waals surface area contributed by atoms with Crippen LogP contribution >= 0.6 is 0 Å². The molecule has 3 aliphatic rings. The molecule has 0 bridgehead atoms. The van der Waals surface area contributed by atoms with Crippen molar-refractivity contribution in [2.75, 3.05) is 66.8 Å². The molecule has 0 aromatic rings. The van der Waals surface area contributed by atoms with Crippen molar-refractivity contribution in [2.45, 2.75) is 297 Å². The average molecular weight is 1480 g/mol. The second-order valence-electron chi connectivity index (χ2n) is 30.8. The molecular formula is C75H136N12O17. The van der Waals surface area contributed by atoms with Crippen molar-refractivity contribution >= 4 is 65.0 Å². The number of aliphatic hydroxyl groups excluding tert-OH is 2. The molecule has 1 aliphatic heterocycles. The van der Waals surface area contributed by atoms with Crippen LogP contribution in [0, 0.1) is 47.3 Å². The fourth-order valence-corrected chi connectivity index (χ4v) is 13.9. The fraction of sp³-hybridized carbons (Fsp3) is 0.853. The van der Waals surface area contributed by atoms with Gasteiger partial charge in [-0.3, -0.25) is 52.7 Å². The van der Waals surface area contributed by atoms with Gasteiger partial charge in [-0.25, -0.2) is 0 Å². The molecule has 0 aromatic carbocycles. The Morgan fingerprint density at radius 2 is 1.34 bits per heavy atom. The molecule has 10 amide bonds. The van der Waals surface area contributed by atoms with Gasteiger partial charge in [0.05, 0.1) is 56.4 Å². The molecule has 1 saturated heterocycles. The Bertz CT molecular complexity index is 2650. The summed E-state index contributed by atoms with van der Waals surface area (Å²) in [5.74, 6) is -10.1. The van der Waals surface area contributed by atoms with E-state index >= 15 is 4.79 Å². The van der Waals surface area contributed by atoms with Crippen molar-refractivity contribution in [2.24, 2.45) is 64.5 Å². The molecule has 3 rings (SSSR count). The third kappa shape index (κ3) is 32.1. The third-order valence-electron chi connectivity index (χ3n) is 20.6. The minimum Gasteiger partial charge on any atom is -0.460 e. The van der Waals surface area contributed by atoms with Gasteiger partial charge in [0.2, 0.25) is 59.1 Å². The zero-order valence-corrected chi connectivity index (χ0v) is 65.1. The van der Waals surface area contributed by atoms with Crippen molar-refractivity contribution in [1.82, 2.24) is 47.0 Å². The number of carbonyl (C=O) groups is 11. The van der Waals surface area contributed by atoms with Crippen molar-refractivity contribution in [3.63, 3.8) is 0 Å². The van der Waals surface area contributed by atoms with Crippen LogP contribution in [0.25, 0.3) is 0 Å². The molecule has 2 aliphatic carbocycles. The highest BCUT2D eigenvalue weighted by atomic mass is 16.5. The van der Waals surface area contributed by atoms with E-state index in [0.29, 0.717) is 50.9 Å². The summed E-state index contributed by atoms with van der Waals surface area (Å²) < 4.78 is 24.6. The minimum atomic E-state index is -1.57. The molecule has 598 valence electrons. The molecule has 104 heavy (non-hydrogen) atoms. The van der Waals surface area contributed by atoms with Crippen LogP contribution in [0.15, 0.2) is 0 Å². The molecule has 16 atom stereocenters. The van der Waals surface area contributed by atoms with Crippen molar-refractivity contribution in [1.29, 1.82) is 0 Å². The number of likely N-dealkylation sites (N-methyl/N-ethyl adjacent to an activating group) is 2. The Morgan fingerprint density at radius 1 is 0.702 bits per heavy atom. The van der Waals surface area contributed by atoms with E-state index in [-0.39, 0.29) is 75.4 Å². The minimum absolute atomic E-state index is 0.00928. The molecule has 0 radical (unpaired) electrons. The predicted octanol–water partition coefficient (Wildman–Crippen LogP) is 3.28. The van der Waals surface area contributed by atoms with E-state index in [1.54, 1.807) is 41.7 Å². The van der Waals surface area contributed by atoms with Gasteiger partial charge in [0.15, 0.2) is 0 Å². The number of unbranched alkanes of at least 4 members (excludes halogenated alkanes) is 6. The molecule has 3 fully saturated rings. The first-order valence-electron chi connectivity index (χ1n) is 38.9. The number of aliphatic hydroxyl groups is 2. The van der Waals surface area contributed by atoms with E-state index in [4.69, 9.17) is 36.1 Å². The zero-order chi connectivity index (χ0) is 77.8. The smallest absolute Gasteiger partial charge is 0.325 e. The highest BCUT2D eigenvalue weighted by molar-refractivity contribution is 5.97. The average Bonchev–Trinajstić information content (AvgIpc) is 0.919. The topological polar surface area (TPSA) is 434 Å². The molecule has 29 heteroatoms. The summed E-state index contributed by atoms with van der Waals surface area (Å²) >= 11 is 0. The van der Waals surface area contributed by atoms with Gasteiger partial charge >= 0.3 is 5.97 Å². The van der Waals surface area contributed by atoms with E-state index in [9.17, 15) is 58.2 Å². The lowest BCUT2D eigenvalue weighted by Crippen LogP contribution is -2.62. The first-order chi connectivity index (χ1) is 49.3. The number of esters is 1. The highest BCUT2D eigenvalue weighted by Crippen LogP contribution is 2.31. The van der Waals surface area contributed by atoms with Gasteiger partial charge < -0.3 is 93.4 Å². The lowest BCUT2D eigenvalue weighted by atomic mass is 9.83. The van der Waals surface area contributed by atoms with Crippen molar-refractivity contribution in [3.05, 3.63) is 0 Å². The molecule has 0 spiro atoms. The van der Waals surface area contributed by atoms with E-state index in [2.05, 4.69) is 58.0 Å². The Labute approximate surface area is 619 Å². The van der Waals surface area contributed by atoms with E-state index < -0.39 is 169 Å². The van der Waals surface area contributed by atoms with Crippen molar-refractivity contribution in [3.8, 4) is 0 Å². The largest absolute Gasteiger partial charge is 0.460 e. The molecule has 1 unspecified atom stereocenters. The number of nitrogens with two attached hydrogens (primary N) is 3. The Balaban J connectivity index is 1.79. The number of rotatable bonds is 42. The van der Waals surface area contributed by atoms with Crippen LogP contribution in [0.2, 0.25) is 0 Å².